The topological polar surface area (TPSA) is 151 Å². The van der Waals surface area contributed by atoms with Gasteiger partial charge in [-0.3, -0.25) is 4.79 Å². The largest absolute Gasteiger partial charge is 0.508 e. The van der Waals surface area contributed by atoms with E-state index in [1.54, 1.807) is 42.5 Å². The zero-order chi connectivity index (χ0) is 41.2. The highest BCUT2D eigenvalue weighted by atomic mass is 16.5. The summed E-state index contributed by atoms with van der Waals surface area (Å²) in [6.45, 7) is 14.0. The first-order valence-electron chi connectivity index (χ1n) is 20.7. The van der Waals surface area contributed by atoms with Crippen LogP contribution in [-0.4, -0.2) is 51.0 Å². The lowest BCUT2D eigenvalue weighted by atomic mass is 9.33. The second-order valence-electron chi connectivity index (χ2n) is 19.8. The fourth-order valence-electron chi connectivity index (χ4n) is 12.9. The number of aromatic hydroxyl groups is 3. The second kappa shape index (κ2) is 14.4. The van der Waals surface area contributed by atoms with Crippen LogP contribution in [0.15, 0.2) is 66.3 Å². The number of carbonyl (C=O) groups is 3. The molecule has 4 saturated carbocycles. The van der Waals surface area contributed by atoms with Crippen LogP contribution < -0.4 is 0 Å². The van der Waals surface area contributed by atoms with Gasteiger partial charge < -0.3 is 29.9 Å². The molecule has 0 unspecified atom stereocenters. The number of phenols is 3. The quantitative estimate of drug-likeness (QED) is 0.0888. The molecule has 0 aromatic heterocycles. The molecule has 57 heavy (non-hydrogen) atoms. The number of hydrogen-bond donors (Lipinski definition) is 4. The molecule has 0 amide bonds. The lowest BCUT2D eigenvalue weighted by Crippen LogP contribution is -2.67. The number of benzene rings is 2. The fraction of sp³-hybridized carbons (Fsp3) is 0.562. The molecule has 9 heteroatoms. The third-order valence-corrected chi connectivity index (χ3v) is 16.1. The van der Waals surface area contributed by atoms with Gasteiger partial charge in [-0.25, -0.2) is 9.59 Å². The van der Waals surface area contributed by atoms with E-state index in [0.717, 1.165) is 50.5 Å². The van der Waals surface area contributed by atoms with Crippen LogP contribution in [0.25, 0.3) is 12.2 Å². The molecule has 8 atom stereocenters. The molecule has 0 bridgehead atoms. The van der Waals surface area contributed by atoms with Crippen molar-refractivity contribution < 1.29 is 44.3 Å². The van der Waals surface area contributed by atoms with Gasteiger partial charge in [0.2, 0.25) is 0 Å². The van der Waals surface area contributed by atoms with E-state index in [4.69, 9.17) is 9.47 Å². The Hall–Kier alpha value is -4.53. The Kier molecular flexibility index (Phi) is 10.3. The lowest BCUT2D eigenvalue weighted by Gasteiger charge is -2.71. The molecule has 0 heterocycles. The van der Waals surface area contributed by atoms with Crippen LogP contribution >= 0.6 is 0 Å². The lowest BCUT2D eigenvalue weighted by molar-refractivity contribution is -0.221. The van der Waals surface area contributed by atoms with Gasteiger partial charge in [0, 0.05) is 23.0 Å². The van der Waals surface area contributed by atoms with E-state index in [1.165, 1.54) is 29.9 Å². The van der Waals surface area contributed by atoms with Gasteiger partial charge in [-0.05, 0) is 146 Å². The molecular formula is C48H60O9. The Labute approximate surface area is 336 Å². The van der Waals surface area contributed by atoms with Gasteiger partial charge in [-0.2, -0.15) is 0 Å². The fourth-order valence-corrected chi connectivity index (χ4v) is 12.9. The standard InChI is InChI=1S/C48H60O9/c1-43(2)23-24-47(42(54)55)25-26-48(29-56-40(52)17-11-31-9-15-35(50)36(51)27-31)33(34(47)28-43)14-16-38-45(5)21-20-39(44(3,4)37(45)19-22-46(38,48)6)57-41(53)18-10-30-7-12-32(49)13-8-30/h7-15,17-18,27,34,37-39,49-51H,16,19-26,28-29H2,1-6H3,(H,54,55)/b17-11+,18-10+/t34-,37+,38+,39-,45-,46+,47-,48-/m0/s1. The van der Waals surface area contributed by atoms with Crippen LogP contribution in [0.5, 0.6) is 17.2 Å². The van der Waals surface area contributed by atoms with Gasteiger partial charge in [0.1, 0.15) is 18.5 Å². The molecule has 0 saturated heterocycles. The summed E-state index contributed by atoms with van der Waals surface area (Å²) in [4.78, 5) is 40.1. The maximum absolute atomic E-state index is 13.6. The van der Waals surface area contributed by atoms with Crippen LogP contribution in [0, 0.1) is 50.2 Å². The normalized spacial score (nSPS) is 35.2. The predicted molar refractivity (Wildman–Crippen MR) is 218 cm³/mol. The number of carboxylic acid groups (broad SMARTS) is 1. The van der Waals surface area contributed by atoms with E-state index in [0.29, 0.717) is 24.8 Å². The maximum Gasteiger partial charge on any atom is 0.331 e. The van der Waals surface area contributed by atoms with Gasteiger partial charge in [0.05, 0.1) is 5.41 Å². The Balaban J connectivity index is 1.20. The van der Waals surface area contributed by atoms with E-state index >= 15 is 0 Å². The number of hydrogen-bond acceptors (Lipinski definition) is 8. The molecule has 306 valence electrons. The molecule has 9 nitrogen and oxygen atoms in total. The summed E-state index contributed by atoms with van der Waals surface area (Å²) in [6.07, 6.45) is 15.8. The van der Waals surface area contributed by atoms with E-state index in [-0.39, 0.29) is 75.3 Å². The minimum atomic E-state index is -0.847. The number of ether oxygens (including phenoxy) is 2. The molecule has 0 aliphatic heterocycles. The maximum atomic E-state index is 13.6. The van der Waals surface area contributed by atoms with E-state index in [1.807, 2.05) is 0 Å². The van der Waals surface area contributed by atoms with Gasteiger partial charge in [-0.1, -0.05) is 71.4 Å². The Bertz CT molecular complexity index is 2010. The highest BCUT2D eigenvalue weighted by molar-refractivity contribution is 5.88. The average Bonchev–Trinajstić information content (AvgIpc) is 3.15. The van der Waals surface area contributed by atoms with Crippen LogP contribution in [0.3, 0.4) is 0 Å². The Morgan fingerprint density at radius 2 is 1.42 bits per heavy atom. The number of esters is 2. The van der Waals surface area contributed by atoms with Crippen molar-refractivity contribution in [3.63, 3.8) is 0 Å². The first-order valence-corrected chi connectivity index (χ1v) is 20.7. The number of rotatable bonds is 8. The highest BCUT2D eigenvalue weighted by Crippen LogP contribution is 2.76. The first-order chi connectivity index (χ1) is 26.8. The molecular weight excluding hydrogens is 721 g/mol. The van der Waals surface area contributed by atoms with Crippen molar-refractivity contribution in [1.82, 2.24) is 0 Å². The third-order valence-electron chi connectivity index (χ3n) is 16.1. The highest BCUT2D eigenvalue weighted by Gasteiger charge is 2.71. The van der Waals surface area contributed by atoms with Gasteiger partial charge >= 0.3 is 17.9 Å². The summed E-state index contributed by atoms with van der Waals surface area (Å²) in [7, 11) is 0. The summed E-state index contributed by atoms with van der Waals surface area (Å²) < 4.78 is 12.5. The summed E-state index contributed by atoms with van der Waals surface area (Å²) in [5, 5.41) is 40.3. The van der Waals surface area contributed by atoms with E-state index in [2.05, 4.69) is 47.6 Å². The smallest absolute Gasteiger partial charge is 0.331 e. The molecule has 5 aliphatic carbocycles. The zero-order valence-corrected chi connectivity index (χ0v) is 34.3. The van der Waals surface area contributed by atoms with Crippen LogP contribution in [0.4, 0.5) is 0 Å². The van der Waals surface area contributed by atoms with E-state index < -0.39 is 22.8 Å². The Morgan fingerprint density at radius 3 is 2.12 bits per heavy atom. The van der Waals surface area contributed by atoms with Crippen molar-refractivity contribution in [3.05, 3.63) is 77.4 Å². The predicted octanol–water partition coefficient (Wildman–Crippen LogP) is 9.85. The number of carbonyl (C=O) groups excluding carboxylic acids is 2. The van der Waals surface area contributed by atoms with Crippen molar-refractivity contribution in [2.75, 3.05) is 6.61 Å². The minimum absolute atomic E-state index is 0.0247. The molecule has 0 radical (unpaired) electrons. The van der Waals surface area contributed by atoms with Crippen LogP contribution in [-0.2, 0) is 23.9 Å². The van der Waals surface area contributed by atoms with Gasteiger partial charge in [-0.15, -0.1) is 0 Å². The molecule has 4 fully saturated rings. The number of allylic oxidation sites excluding steroid dienone is 1. The summed E-state index contributed by atoms with van der Waals surface area (Å²) in [5.74, 6) is -1.65. The first kappa shape index (κ1) is 40.7. The second-order valence-corrected chi connectivity index (χ2v) is 19.8. The molecule has 0 spiro atoms. The summed E-state index contributed by atoms with van der Waals surface area (Å²) >= 11 is 0. The van der Waals surface area contributed by atoms with Crippen molar-refractivity contribution in [2.24, 2.45) is 50.2 Å². The molecule has 2 aromatic carbocycles. The van der Waals surface area contributed by atoms with Crippen LogP contribution in [0.2, 0.25) is 0 Å². The van der Waals surface area contributed by atoms with Crippen molar-refractivity contribution in [1.29, 1.82) is 0 Å². The molecule has 7 rings (SSSR count). The zero-order valence-electron chi connectivity index (χ0n) is 34.3. The van der Waals surface area contributed by atoms with Gasteiger partial charge in [0.25, 0.3) is 0 Å². The number of fused-ring (bicyclic) bond motifs is 7. The molecule has 4 N–H and O–H groups in total. The van der Waals surface area contributed by atoms with Crippen molar-refractivity contribution in [3.8, 4) is 17.2 Å². The number of phenolic OH excluding ortho intramolecular Hbond substituents is 3. The summed E-state index contributed by atoms with van der Waals surface area (Å²) in [5.41, 5.74) is 0.352. The van der Waals surface area contributed by atoms with E-state index in [9.17, 15) is 34.8 Å². The summed E-state index contributed by atoms with van der Waals surface area (Å²) in [6, 6.07) is 11.0. The van der Waals surface area contributed by atoms with Gasteiger partial charge in [0.15, 0.2) is 11.5 Å². The van der Waals surface area contributed by atoms with Crippen LogP contribution in [0.1, 0.15) is 117 Å². The SMILES string of the molecule is CC1(C)CC[C@]2(C(=O)O)CC[C@]3(COC(=O)/C=C/c4ccc(O)c(O)c4)C(=CC[C@@H]4[C@@]5(C)CC[C@H](OC(=O)/C=C/c6ccc(O)cc6)C(C)(C)[C@H]5CC[C@]43C)[C@@H]2C1. The number of aliphatic carboxylic acids is 1. The molecule has 2 aromatic rings. The van der Waals surface area contributed by atoms with Crippen molar-refractivity contribution >= 4 is 30.1 Å². The van der Waals surface area contributed by atoms with Crippen molar-refractivity contribution in [2.45, 2.75) is 112 Å². The third kappa shape index (κ3) is 6.86. The average molecular weight is 781 g/mol. The monoisotopic (exact) mass is 780 g/mol. The Morgan fingerprint density at radius 1 is 0.754 bits per heavy atom. The molecule has 5 aliphatic rings. The minimum Gasteiger partial charge on any atom is -0.508 e. The number of carboxylic acids is 1.